The van der Waals surface area contributed by atoms with E-state index in [2.05, 4.69) is 10.6 Å². The number of carbonyl (C=O) groups excluding carboxylic acids is 1. The molecular formula is C24H20ClFN4O5S2. The van der Waals surface area contributed by atoms with Crippen LogP contribution >= 0.6 is 22.9 Å². The number of nitrogens with one attached hydrogen (secondary N) is 3. The molecule has 0 bridgehead atoms. The Labute approximate surface area is 219 Å². The Morgan fingerprint density at radius 3 is 2.54 bits per heavy atom. The summed E-state index contributed by atoms with van der Waals surface area (Å²) in [7, 11) is -4.16. The highest BCUT2D eigenvalue weighted by atomic mass is 35.5. The molecule has 4 aromatic rings. The van der Waals surface area contributed by atoms with Crippen molar-refractivity contribution in [3.05, 3.63) is 75.1 Å². The SMILES string of the molecule is O=C(Nc1ccc(-n2c(O)c3ccc(NCC4CC4)cc3cc2=O)c(F)c1)NS(=O)(=O)c1ccc(Cl)s1. The Hall–Kier alpha value is -3.61. The number of aromatic hydroxyl groups is 1. The van der Waals surface area contributed by atoms with Gasteiger partial charge in [0.25, 0.3) is 15.6 Å². The number of rotatable bonds is 7. The minimum absolute atomic E-state index is 0.0714. The van der Waals surface area contributed by atoms with E-state index in [0.717, 1.165) is 34.2 Å². The van der Waals surface area contributed by atoms with Crippen molar-refractivity contribution in [2.45, 2.75) is 17.1 Å². The molecule has 5 rings (SSSR count). The molecule has 9 nitrogen and oxygen atoms in total. The van der Waals surface area contributed by atoms with E-state index in [-0.39, 0.29) is 19.9 Å². The second-order valence-corrected chi connectivity index (χ2v) is 12.2. The number of carbonyl (C=O) groups is 1. The molecule has 2 heterocycles. The van der Waals surface area contributed by atoms with Gasteiger partial charge in [0, 0.05) is 29.4 Å². The first-order valence-electron chi connectivity index (χ1n) is 11.1. The Morgan fingerprint density at radius 2 is 1.86 bits per heavy atom. The Kier molecular flexibility index (Phi) is 6.56. The fourth-order valence-electron chi connectivity index (χ4n) is 3.77. The van der Waals surface area contributed by atoms with Gasteiger partial charge in [-0.15, -0.1) is 11.3 Å². The van der Waals surface area contributed by atoms with Crippen molar-refractivity contribution in [2.24, 2.45) is 5.92 Å². The number of aromatic nitrogens is 1. The maximum atomic E-state index is 15.0. The first kappa shape index (κ1) is 25.1. The van der Waals surface area contributed by atoms with Crippen LogP contribution in [0.1, 0.15) is 12.8 Å². The molecule has 4 N–H and O–H groups in total. The van der Waals surface area contributed by atoms with E-state index >= 15 is 4.39 Å². The lowest BCUT2D eigenvalue weighted by Gasteiger charge is -2.14. The summed E-state index contributed by atoms with van der Waals surface area (Å²) in [6.07, 6.45) is 2.39. The number of fused-ring (bicyclic) bond motifs is 1. The molecule has 2 aromatic carbocycles. The number of thiophene rings is 1. The molecule has 2 aromatic heterocycles. The quantitative estimate of drug-likeness (QED) is 0.254. The maximum Gasteiger partial charge on any atom is 0.333 e. The van der Waals surface area contributed by atoms with Gasteiger partial charge in [0.1, 0.15) is 10.0 Å². The van der Waals surface area contributed by atoms with Gasteiger partial charge in [0.15, 0.2) is 0 Å². The number of urea groups is 1. The van der Waals surface area contributed by atoms with Gasteiger partial charge in [-0.1, -0.05) is 11.6 Å². The molecule has 37 heavy (non-hydrogen) atoms. The molecule has 0 saturated heterocycles. The van der Waals surface area contributed by atoms with Gasteiger partial charge in [-0.25, -0.2) is 26.9 Å². The fourth-order valence-corrected chi connectivity index (χ4v) is 6.16. The predicted molar refractivity (Wildman–Crippen MR) is 141 cm³/mol. The molecule has 192 valence electrons. The van der Waals surface area contributed by atoms with Gasteiger partial charge >= 0.3 is 6.03 Å². The Bertz CT molecular complexity index is 1700. The summed E-state index contributed by atoms with van der Waals surface area (Å²) in [5.41, 5.74) is -0.146. The molecule has 13 heteroatoms. The molecule has 0 atom stereocenters. The van der Waals surface area contributed by atoms with E-state index in [9.17, 15) is 23.1 Å². The highest BCUT2D eigenvalue weighted by Crippen LogP contribution is 2.32. The summed E-state index contributed by atoms with van der Waals surface area (Å²) in [5.74, 6) is -0.701. The molecule has 1 fully saturated rings. The highest BCUT2D eigenvalue weighted by molar-refractivity contribution is 7.92. The van der Waals surface area contributed by atoms with Gasteiger partial charge < -0.3 is 15.7 Å². The summed E-state index contributed by atoms with van der Waals surface area (Å²) >= 11 is 6.51. The number of hydrogen-bond donors (Lipinski definition) is 4. The molecule has 0 aliphatic heterocycles. The molecule has 1 aliphatic carbocycles. The zero-order chi connectivity index (χ0) is 26.3. The van der Waals surface area contributed by atoms with E-state index in [4.69, 9.17) is 11.6 Å². The average molecular weight is 563 g/mol. The van der Waals surface area contributed by atoms with Crippen LogP contribution in [0, 0.1) is 11.7 Å². The van der Waals surface area contributed by atoms with Gasteiger partial charge in [-0.2, -0.15) is 0 Å². The van der Waals surface area contributed by atoms with Crippen LogP contribution in [0.5, 0.6) is 5.88 Å². The number of amides is 2. The summed E-state index contributed by atoms with van der Waals surface area (Å²) in [6, 6.07) is 11.4. The van der Waals surface area contributed by atoms with Crippen LogP contribution in [-0.2, 0) is 10.0 Å². The molecule has 2 amide bonds. The van der Waals surface area contributed by atoms with Crippen molar-refractivity contribution in [1.82, 2.24) is 9.29 Å². The number of sulfonamides is 1. The highest BCUT2D eigenvalue weighted by Gasteiger charge is 2.22. The number of pyridine rings is 1. The number of halogens is 2. The molecule has 0 spiro atoms. The third-order valence-corrected chi connectivity index (χ3v) is 8.84. The lowest BCUT2D eigenvalue weighted by molar-refractivity contribution is 0.256. The van der Waals surface area contributed by atoms with Crippen molar-refractivity contribution in [3.8, 4) is 11.6 Å². The van der Waals surface area contributed by atoms with E-state index < -0.39 is 33.3 Å². The van der Waals surface area contributed by atoms with E-state index in [0.29, 0.717) is 16.7 Å². The lowest BCUT2D eigenvalue weighted by atomic mass is 10.1. The fraction of sp³-hybridized carbons (Fsp3) is 0.167. The Morgan fingerprint density at radius 1 is 1.11 bits per heavy atom. The van der Waals surface area contributed by atoms with Crippen LogP contribution in [0.4, 0.5) is 20.6 Å². The standard InChI is InChI=1S/C24H20ClFN4O5S2/c25-20-7-8-22(36-20)37(34,35)29-24(33)28-16-4-6-19(18(26)11-16)30-21(31)10-14-9-15(27-12-13-1-2-13)3-5-17(14)23(30)32/h3-11,13,27,32H,1-2,12H2,(H2,28,29,33). The number of hydrogen-bond acceptors (Lipinski definition) is 7. The van der Waals surface area contributed by atoms with Crippen LogP contribution in [0.25, 0.3) is 16.5 Å². The van der Waals surface area contributed by atoms with Gasteiger partial charge in [0.2, 0.25) is 5.88 Å². The minimum Gasteiger partial charge on any atom is -0.494 e. The van der Waals surface area contributed by atoms with Gasteiger partial charge in [-0.05, 0) is 72.7 Å². The van der Waals surface area contributed by atoms with Crippen LogP contribution in [0.3, 0.4) is 0 Å². The zero-order valence-corrected chi connectivity index (χ0v) is 21.4. The maximum absolute atomic E-state index is 15.0. The van der Waals surface area contributed by atoms with Crippen LogP contribution in [-0.4, -0.2) is 30.7 Å². The zero-order valence-electron chi connectivity index (χ0n) is 19.0. The predicted octanol–water partition coefficient (Wildman–Crippen LogP) is 4.88. The number of benzene rings is 2. The first-order chi connectivity index (χ1) is 17.6. The number of nitrogens with zero attached hydrogens (tertiary/aromatic N) is 1. The van der Waals surface area contributed by atoms with E-state index in [1.54, 1.807) is 18.2 Å². The molecule has 1 aliphatic rings. The van der Waals surface area contributed by atoms with Crippen LogP contribution in [0.2, 0.25) is 4.34 Å². The summed E-state index contributed by atoms with van der Waals surface area (Å²) in [5, 5.41) is 17.2. The van der Waals surface area contributed by atoms with Gasteiger partial charge in [-0.3, -0.25) is 4.79 Å². The average Bonchev–Trinajstić information content (AvgIpc) is 3.55. The van der Waals surface area contributed by atoms with Gasteiger partial charge in [0.05, 0.1) is 10.0 Å². The Balaban J connectivity index is 1.37. The third kappa shape index (κ3) is 5.41. The molecule has 0 unspecified atom stereocenters. The number of anilines is 2. The summed E-state index contributed by atoms with van der Waals surface area (Å²) in [6.45, 7) is 0.840. The first-order valence-corrected chi connectivity index (χ1v) is 13.8. The minimum atomic E-state index is -4.16. The third-order valence-electron chi connectivity index (χ3n) is 5.78. The van der Waals surface area contributed by atoms with Crippen molar-refractivity contribution in [1.29, 1.82) is 0 Å². The van der Waals surface area contributed by atoms with E-state index in [1.165, 1.54) is 43.2 Å². The van der Waals surface area contributed by atoms with Crippen molar-refractivity contribution >= 4 is 61.1 Å². The second kappa shape index (κ2) is 9.69. The van der Waals surface area contributed by atoms with Crippen molar-refractivity contribution < 1.29 is 22.7 Å². The van der Waals surface area contributed by atoms with E-state index in [1.807, 2.05) is 4.72 Å². The molecular weight excluding hydrogens is 543 g/mol. The van der Waals surface area contributed by atoms with Crippen molar-refractivity contribution in [2.75, 3.05) is 17.2 Å². The molecule has 1 saturated carbocycles. The topological polar surface area (TPSA) is 130 Å². The summed E-state index contributed by atoms with van der Waals surface area (Å²) < 4.78 is 42.2. The summed E-state index contributed by atoms with van der Waals surface area (Å²) in [4.78, 5) is 25.0. The largest absolute Gasteiger partial charge is 0.494 e. The van der Waals surface area contributed by atoms with Crippen LogP contribution < -0.4 is 20.9 Å². The van der Waals surface area contributed by atoms with Crippen molar-refractivity contribution in [3.63, 3.8) is 0 Å². The van der Waals surface area contributed by atoms with Crippen LogP contribution in [0.15, 0.2) is 63.6 Å². The monoisotopic (exact) mass is 562 g/mol. The second-order valence-electron chi connectivity index (χ2n) is 8.55. The smallest absolute Gasteiger partial charge is 0.333 e. The molecule has 0 radical (unpaired) electrons. The normalized spacial score (nSPS) is 13.5. The lowest BCUT2D eigenvalue weighted by Crippen LogP contribution is -2.34.